The maximum absolute atomic E-state index is 13.2. The minimum atomic E-state index is -0.188. The molecule has 28 heavy (non-hydrogen) atoms. The van der Waals surface area contributed by atoms with E-state index in [0.717, 1.165) is 35.3 Å². The fraction of sp³-hybridized carbons (Fsp3) is 0.350. The van der Waals surface area contributed by atoms with Gasteiger partial charge >= 0.3 is 0 Å². The smallest absolute Gasteiger partial charge is 0.260 e. The number of hydrogen-bond donors (Lipinski definition) is 2. The number of nitrogens with zero attached hydrogens (tertiary/aromatic N) is 3. The lowest BCUT2D eigenvalue weighted by molar-refractivity contribution is 0.635. The molecule has 0 bridgehead atoms. The van der Waals surface area contributed by atoms with E-state index in [4.69, 9.17) is 23.2 Å². The molecule has 1 fully saturated rings. The third-order valence-electron chi connectivity index (χ3n) is 5.41. The van der Waals surface area contributed by atoms with E-state index in [9.17, 15) is 4.79 Å². The summed E-state index contributed by atoms with van der Waals surface area (Å²) < 4.78 is 1.89. The predicted octanol–water partition coefficient (Wildman–Crippen LogP) is 4.66. The number of alkyl halides is 1. The summed E-state index contributed by atoms with van der Waals surface area (Å²) in [5.41, 5.74) is 1.77. The third-order valence-corrected chi connectivity index (χ3v) is 6.10. The highest BCUT2D eigenvalue weighted by Crippen LogP contribution is 2.40. The first-order chi connectivity index (χ1) is 13.5. The zero-order valence-electron chi connectivity index (χ0n) is 15.2. The molecule has 3 heterocycles. The molecule has 0 saturated heterocycles. The minimum Gasteiger partial charge on any atom is -0.368 e. The summed E-state index contributed by atoms with van der Waals surface area (Å²) in [6.45, 7) is 2.66. The van der Waals surface area contributed by atoms with Crippen LogP contribution in [0.2, 0.25) is 5.02 Å². The minimum absolute atomic E-state index is 0.0287. The van der Waals surface area contributed by atoms with Crippen molar-refractivity contribution in [3.05, 3.63) is 57.2 Å². The summed E-state index contributed by atoms with van der Waals surface area (Å²) in [5.74, 6) is 1.46. The van der Waals surface area contributed by atoms with Crippen LogP contribution in [0.5, 0.6) is 0 Å². The van der Waals surface area contributed by atoms with Crippen LogP contribution in [0.1, 0.15) is 48.5 Å². The van der Waals surface area contributed by atoms with Crippen molar-refractivity contribution >= 4 is 45.6 Å². The number of rotatable bonds is 4. The van der Waals surface area contributed by atoms with Crippen molar-refractivity contribution in [2.45, 2.75) is 37.2 Å². The number of aromatic nitrogens is 3. The number of nitrogens with one attached hydrogen (secondary N) is 2. The van der Waals surface area contributed by atoms with Crippen LogP contribution in [-0.4, -0.2) is 21.1 Å². The number of fused-ring (bicyclic) bond motifs is 2. The monoisotopic (exact) mass is 415 g/mol. The SMILES string of the molecule is C[C@H](Nc1ncnc2c1C(Cl)CN2)c1cc2cccc(Cl)c2c(=O)n1C1CC1. The molecule has 0 radical (unpaired) electrons. The summed E-state index contributed by atoms with van der Waals surface area (Å²) in [6.07, 6.45) is 3.53. The maximum atomic E-state index is 13.2. The van der Waals surface area contributed by atoms with Crippen molar-refractivity contribution in [3.8, 4) is 0 Å². The van der Waals surface area contributed by atoms with Gasteiger partial charge < -0.3 is 15.2 Å². The Balaban J connectivity index is 1.61. The number of pyridine rings is 1. The normalized spacial score (nSPS) is 19.3. The highest BCUT2D eigenvalue weighted by atomic mass is 35.5. The molecule has 3 aromatic rings. The zero-order valence-corrected chi connectivity index (χ0v) is 16.8. The molecule has 1 unspecified atom stereocenters. The first-order valence-electron chi connectivity index (χ1n) is 9.37. The average molecular weight is 416 g/mol. The highest BCUT2D eigenvalue weighted by molar-refractivity contribution is 6.35. The molecule has 5 rings (SSSR count). The molecular weight excluding hydrogens is 397 g/mol. The van der Waals surface area contributed by atoms with Gasteiger partial charge in [0.1, 0.15) is 18.0 Å². The predicted molar refractivity (Wildman–Crippen MR) is 113 cm³/mol. The van der Waals surface area contributed by atoms with Gasteiger partial charge in [0.15, 0.2) is 0 Å². The summed E-state index contributed by atoms with van der Waals surface area (Å²) in [4.78, 5) is 21.9. The Hall–Kier alpha value is -2.31. The molecule has 2 aliphatic rings. The van der Waals surface area contributed by atoms with Gasteiger partial charge in [-0.3, -0.25) is 4.79 Å². The van der Waals surface area contributed by atoms with Gasteiger partial charge in [0, 0.05) is 18.3 Å². The Labute approximate surface area is 171 Å². The second-order valence-electron chi connectivity index (χ2n) is 7.38. The van der Waals surface area contributed by atoms with Crippen LogP contribution < -0.4 is 16.2 Å². The second kappa shape index (κ2) is 6.64. The topological polar surface area (TPSA) is 71.8 Å². The quantitative estimate of drug-likeness (QED) is 0.606. The molecular formula is C20H19Cl2N5O. The van der Waals surface area contributed by atoms with Crippen LogP contribution >= 0.6 is 23.2 Å². The van der Waals surface area contributed by atoms with Crippen molar-refractivity contribution in [1.82, 2.24) is 14.5 Å². The molecule has 0 amide bonds. The molecule has 2 atom stereocenters. The van der Waals surface area contributed by atoms with Crippen LogP contribution in [0.25, 0.3) is 10.8 Å². The summed E-state index contributed by atoms with van der Waals surface area (Å²) in [5, 5.41) is 8.38. The van der Waals surface area contributed by atoms with Crippen molar-refractivity contribution in [1.29, 1.82) is 0 Å². The van der Waals surface area contributed by atoms with Gasteiger partial charge in [0.05, 0.1) is 27.4 Å². The Bertz CT molecular complexity index is 1140. The lowest BCUT2D eigenvalue weighted by Gasteiger charge is -2.22. The molecule has 0 spiro atoms. The Morgan fingerprint density at radius 2 is 2.14 bits per heavy atom. The van der Waals surface area contributed by atoms with Gasteiger partial charge in [-0.25, -0.2) is 9.97 Å². The lowest BCUT2D eigenvalue weighted by atomic mass is 10.1. The Morgan fingerprint density at radius 1 is 1.32 bits per heavy atom. The van der Waals surface area contributed by atoms with Crippen molar-refractivity contribution in [2.75, 3.05) is 17.2 Å². The van der Waals surface area contributed by atoms with E-state index >= 15 is 0 Å². The molecule has 1 aliphatic heterocycles. The number of halogens is 2. The van der Waals surface area contributed by atoms with E-state index in [1.165, 1.54) is 6.33 Å². The van der Waals surface area contributed by atoms with Crippen molar-refractivity contribution < 1.29 is 0 Å². The van der Waals surface area contributed by atoms with Crippen LogP contribution in [0.15, 0.2) is 35.4 Å². The molecule has 2 aromatic heterocycles. The van der Waals surface area contributed by atoms with Crippen LogP contribution in [-0.2, 0) is 0 Å². The number of hydrogen-bond acceptors (Lipinski definition) is 5. The molecule has 6 nitrogen and oxygen atoms in total. The molecule has 2 N–H and O–H groups in total. The molecule has 1 saturated carbocycles. The van der Waals surface area contributed by atoms with E-state index in [1.807, 2.05) is 23.6 Å². The molecule has 8 heteroatoms. The summed E-state index contributed by atoms with van der Waals surface area (Å²) in [6, 6.07) is 7.70. The van der Waals surface area contributed by atoms with Gasteiger partial charge in [0.2, 0.25) is 0 Å². The van der Waals surface area contributed by atoms with E-state index in [0.29, 0.717) is 22.8 Å². The van der Waals surface area contributed by atoms with Gasteiger partial charge in [-0.05, 0) is 37.3 Å². The average Bonchev–Trinajstić information content (AvgIpc) is 3.44. The zero-order chi connectivity index (χ0) is 19.4. The largest absolute Gasteiger partial charge is 0.368 e. The number of anilines is 2. The van der Waals surface area contributed by atoms with Crippen LogP contribution in [0.3, 0.4) is 0 Å². The van der Waals surface area contributed by atoms with Gasteiger partial charge in [-0.15, -0.1) is 11.6 Å². The first-order valence-corrected chi connectivity index (χ1v) is 10.2. The summed E-state index contributed by atoms with van der Waals surface area (Å²) >= 11 is 12.8. The van der Waals surface area contributed by atoms with Crippen LogP contribution in [0.4, 0.5) is 11.6 Å². The Kier molecular flexibility index (Phi) is 4.21. The third kappa shape index (κ3) is 2.83. The standard InChI is InChI=1S/C20H19Cl2N5O/c1-10(26-19-17-14(22)8-23-18(17)24-9-25-19)15-7-11-3-2-4-13(21)16(11)20(28)27(15)12-5-6-12/h2-4,7,9-10,12,14H,5-6,8H2,1H3,(H2,23,24,25,26)/t10-,14?/m0/s1. The summed E-state index contributed by atoms with van der Waals surface area (Å²) in [7, 11) is 0. The van der Waals surface area contributed by atoms with E-state index in [-0.39, 0.29) is 23.0 Å². The van der Waals surface area contributed by atoms with Gasteiger partial charge in [0.25, 0.3) is 5.56 Å². The van der Waals surface area contributed by atoms with Crippen molar-refractivity contribution in [2.24, 2.45) is 0 Å². The highest BCUT2D eigenvalue weighted by Gasteiger charge is 2.31. The van der Waals surface area contributed by atoms with E-state index in [1.54, 1.807) is 6.07 Å². The second-order valence-corrected chi connectivity index (χ2v) is 8.31. The fourth-order valence-corrected chi connectivity index (χ4v) is 4.46. The van der Waals surface area contributed by atoms with Crippen molar-refractivity contribution in [3.63, 3.8) is 0 Å². The van der Waals surface area contributed by atoms with Crippen LogP contribution in [0, 0.1) is 0 Å². The molecule has 1 aliphatic carbocycles. The lowest BCUT2D eigenvalue weighted by Crippen LogP contribution is -2.26. The molecule has 1 aromatic carbocycles. The van der Waals surface area contributed by atoms with Gasteiger partial charge in [-0.1, -0.05) is 23.7 Å². The Morgan fingerprint density at radius 3 is 2.93 bits per heavy atom. The van der Waals surface area contributed by atoms with E-state index in [2.05, 4.69) is 26.7 Å². The van der Waals surface area contributed by atoms with E-state index < -0.39 is 0 Å². The maximum Gasteiger partial charge on any atom is 0.260 e. The number of benzene rings is 1. The molecule has 144 valence electrons. The fourth-order valence-electron chi connectivity index (χ4n) is 3.91. The van der Waals surface area contributed by atoms with Gasteiger partial charge in [-0.2, -0.15) is 0 Å². The first kappa shape index (κ1) is 17.8.